The fourth-order valence-electron chi connectivity index (χ4n) is 0.489. The van der Waals surface area contributed by atoms with Crippen molar-refractivity contribution in [2.75, 3.05) is 0 Å². The molecule has 3 nitrogen and oxygen atoms in total. The van der Waals surface area contributed by atoms with Crippen molar-refractivity contribution in [3.05, 3.63) is 30.1 Å². The van der Waals surface area contributed by atoms with Crippen LogP contribution < -0.4 is 0 Å². The first-order valence-electron chi connectivity index (χ1n) is 2.44. The van der Waals surface area contributed by atoms with E-state index in [0.717, 1.165) is 0 Å². The van der Waals surface area contributed by atoms with Crippen LogP contribution in [0.3, 0.4) is 0 Å². The summed E-state index contributed by atoms with van der Waals surface area (Å²) in [6.45, 7) is 0. The Morgan fingerprint density at radius 1 is 1.60 bits per heavy atom. The Labute approximate surface area is 59.3 Å². The van der Waals surface area contributed by atoms with Gasteiger partial charge in [-0.25, -0.2) is 4.79 Å². The van der Waals surface area contributed by atoms with Crippen molar-refractivity contribution in [2.45, 2.75) is 7.43 Å². The molecule has 0 fully saturated rings. The van der Waals surface area contributed by atoms with E-state index in [1.165, 1.54) is 18.5 Å². The molecule has 3 heteroatoms. The minimum absolute atomic E-state index is 0. The van der Waals surface area contributed by atoms with Crippen LogP contribution in [0.2, 0.25) is 0 Å². The van der Waals surface area contributed by atoms with Crippen molar-refractivity contribution >= 4 is 5.97 Å². The molecule has 1 heterocycles. The summed E-state index contributed by atoms with van der Waals surface area (Å²) in [7, 11) is 0. The van der Waals surface area contributed by atoms with Gasteiger partial charge in [-0.2, -0.15) is 0 Å². The molecule has 0 amide bonds. The minimum atomic E-state index is -0.942. The molecule has 0 aliphatic carbocycles. The third-order valence-corrected chi connectivity index (χ3v) is 0.908. The number of aromatic nitrogens is 1. The van der Waals surface area contributed by atoms with Crippen molar-refractivity contribution in [3.8, 4) is 0 Å². The lowest BCUT2D eigenvalue weighted by atomic mass is 10.3. The summed E-state index contributed by atoms with van der Waals surface area (Å²) in [5.41, 5.74) is 0.220. The van der Waals surface area contributed by atoms with E-state index < -0.39 is 5.97 Å². The first-order chi connectivity index (χ1) is 4.30. The Kier molecular flexibility index (Phi) is 3.11. The maximum atomic E-state index is 10.2. The summed E-state index contributed by atoms with van der Waals surface area (Å²) in [5, 5.41) is 8.34. The number of hydrogen-bond donors (Lipinski definition) is 1. The fourth-order valence-corrected chi connectivity index (χ4v) is 0.489. The molecule has 54 valence electrons. The molecule has 0 saturated carbocycles. The maximum absolute atomic E-state index is 10.2. The van der Waals surface area contributed by atoms with Crippen LogP contribution in [0.1, 0.15) is 17.8 Å². The first-order valence-corrected chi connectivity index (χ1v) is 2.44. The van der Waals surface area contributed by atoms with Crippen LogP contribution in [-0.2, 0) is 0 Å². The zero-order valence-corrected chi connectivity index (χ0v) is 4.61. The van der Waals surface area contributed by atoms with Crippen LogP contribution in [0.25, 0.3) is 0 Å². The summed E-state index contributed by atoms with van der Waals surface area (Å²) >= 11 is 0. The van der Waals surface area contributed by atoms with Gasteiger partial charge in [-0.15, -0.1) is 0 Å². The highest BCUT2D eigenvalue weighted by molar-refractivity contribution is 5.86. The lowest BCUT2D eigenvalue weighted by Crippen LogP contribution is -1.94. The normalized spacial score (nSPS) is 8.00. The van der Waals surface area contributed by atoms with Gasteiger partial charge in [0, 0.05) is 12.4 Å². The number of aromatic carboxylic acids is 1. The van der Waals surface area contributed by atoms with Crippen LogP contribution in [0.5, 0.6) is 0 Å². The molecule has 0 atom stereocenters. The number of pyridine rings is 1. The van der Waals surface area contributed by atoms with E-state index in [2.05, 4.69) is 4.98 Å². The Bertz CT molecular complexity index is 208. The van der Waals surface area contributed by atoms with Crippen molar-refractivity contribution in [2.24, 2.45) is 0 Å². The highest BCUT2D eigenvalue weighted by Gasteiger charge is 1.97. The van der Waals surface area contributed by atoms with Gasteiger partial charge in [-0.3, -0.25) is 4.98 Å². The standard InChI is InChI=1S/C6H5NO2.CH4/c8-6(9)5-2-1-3-7-4-5;/h1-4H,(H,8,9);1H4. The van der Waals surface area contributed by atoms with Gasteiger partial charge >= 0.3 is 5.97 Å². The summed E-state index contributed by atoms with van der Waals surface area (Å²) < 4.78 is 0. The predicted octanol–water partition coefficient (Wildman–Crippen LogP) is 1.42. The summed E-state index contributed by atoms with van der Waals surface area (Å²) in [6.07, 6.45) is 2.84. The second-order valence-corrected chi connectivity index (χ2v) is 1.55. The number of carboxylic acids is 1. The SMILES string of the molecule is C.O=C(O)c1cccnc1. The molecular weight excluding hydrogens is 130 g/mol. The third-order valence-electron chi connectivity index (χ3n) is 0.908. The first kappa shape index (κ1) is 8.62. The summed E-state index contributed by atoms with van der Waals surface area (Å²) in [4.78, 5) is 13.8. The number of nitrogens with zero attached hydrogens (tertiary/aromatic N) is 1. The van der Waals surface area contributed by atoms with Crippen LogP contribution in [0, 0.1) is 0 Å². The summed E-state index contributed by atoms with van der Waals surface area (Å²) in [6, 6.07) is 3.08. The molecule has 0 aliphatic heterocycles. The molecule has 1 aromatic heterocycles. The van der Waals surface area contributed by atoms with Crippen molar-refractivity contribution < 1.29 is 9.90 Å². The second kappa shape index (κ2) is 3.61. The van der Waals surface area contributed by atoms with E-state index in [0.29, 0.717) is 0 Å². The highest BCUT2D eigenvalue weighted by Crippen LogP contribution is 1.92. The Hall–Kier alpha value is -1.38. The maximum Gasteiger partial charge on any atom is 0.337 e. The van der Waals surface area contributed by atoms with E-state index in [1.54, 1.807) is 6.07 Å². The molecule has 1 rings (SSSR count). The van der Waals surface area contributed by atoms with Crippen LogP contribution in [0.15, 0.2) is 24.5 Å². The van der Waals surface area contributed by atoms with Crippen LogP contribution in [-0.4, -0.2) is 16.1 Å². The number of carboxylic acid groups (broad SMARTS) is 1. The predicted molar refractivity (Wildman–Crippen MR) is 37.9 cm³/mol. The van der Waals surface area contributed by atoms with Crippen molar-refractivity contribution in [1.82, 2.24) is 4.98 Å². The topological polar surface area (TPSA) is 50.2 Å². The molecule has 0 unspecified atom stereocenters. The lowest BCUT2D eigenvalue weighted by Gasteiger charge is -1.87. The smallest absolute Gasteiger partial charge is 0.337 e. The van der Waals surface area contributed by atoms with E-state index in [-0.39, 0.29) is 13.0 Å². The van der Waals surface area contributed by atoms with Gasteiger partial charge in [0.2, 0.25) is 0 Å². The molecule has 0 bridgehead atoms. The van der Waals surface area contributed by atoms with Gasteiger partial charge in [0.15, 0.2) is 0 Å². The number of rotatable bonds is 1. The average Bonchev–Trinajstić information content (AvgIpc) is 1.90. The second-order valence-electron chi connectivity index (χ2n) is 1.55. The largest absolute Gasteiger partial charge is 0.478 e. The van der Waals surface area contributed by atoms with Gasteiger partial charge in [-0.1, -0.05) is 7.43 Å². The molecule has 1 aromatic rings. The van der Waals surface area contributed by atoms with E-state index in [9.17, 15) is 4.79 Å². The molecule has 10 heavy (non-hydrogen) atoms. The van der Waals surface area contributed by atoms with Crippen LogP contribution in [0.4, 0.5) is 0 Å². The molecule has 0 spiro atoms. The molecular formula is C7H9NO2. The van der Waals surface area contributed by atoms with Gasteiger partial charge in [0.05, 0.1) is 5.56 Å². The zero-order valence-electron chi connectivity index (χ0n) is 4.61. The Morgan fingerprint density at radius 2 is 2.30 bits per heavy atom. The Morgan fingerprint density at radius 3 is 2.60 bits per heavy atom. The van der Waals surface area contributed by atoms with Gasteiger partial charge in [-0.05, 0) is 12.1 Å². The molecule has 1 N–H and O–H groups in total. The van der Waals surface area contributed by atoms with E-state index in [1.807, 2.05) is 0 Å². The average molecular weight is 139 g/mol. The minimum Gasteiger partial charge on any atom is -0.478 e. The van der Waals surface area contributed by atoms with Crippen LogP contribution >= 0.6 is 0 Å². The number of carbonyl (C=O) groups is 1. The zero-order chi connectivity index (χ0) is 6.69. The lowest BCUT2D eigenvalue weighted by molar-refractivity contribution is 0.0696. The molecule has 0 radical (unpaired) electrons. The monoisotopic (exact) mass is 139 g/mol. The molecule has 0 aromatic carbocycles. The Balaban J connectivity index is 0.000000810. The van der Waals surface area contributed by atoms with E-state index in [4.69, 9.17) is 5.11 Å². The molecule has 0 saturated heterocycles. The van der Waals surface area contributed by atoms with Gasteiger partial charge in [0.25, 0.3) is 0 Å². The number of hydrogen-bond acceptors (Lipinski definition) is 2. The summed E-state index contributed by atoms with van der Waals surface area (Å²) in [5.74, 6) is -0.942. The quantitative estimate of drug-likeness (QED) is 0.640. The van der Waals surface area contributed by atoms with Gasteiger partial charge in [0.1, 0.15) is 0 Å². The van der Waals surface area contributed by atoms with Crippen molar-refractivity contribution in [1.29, 1.82) is 0 Å². The van der Waals surface area contributed by atoms with E-state index >= 15 is 0 Å². The van der Waals surface area contributed by atoms with Gasteiger partial charge < -0.3 is 5.11 Å². The third kappa shape index (κ3) is 1.85. The highest BCUT2D eigenvalue weighted by atomic mass is 16.4. The molecule has 0 aliphatic rings. The fraction of sp³-hybridized carbons (Fsp3) is 0.143. The van der Waals surface area contributed by atoms with Crippen molar-refractivity contribution in [3.63, 3.8) is 0 Å².